The van der Waals surface area contributed by atoms with Gasteiger partial charge in [0.1, 0.15) is 5.69 Å². The number of aromatic nitrogens is 2. The summed E-state index contributed by atoms with van der Waals surface area (Å²) in [5, 5.41) is 4.09. The monoisotopic (exact) mass is 359 g/mol. The van der Waals surface area contributed by atoms with Crippen LogP contribution in [0.5, 0.6) is 0 Å². The third-order valence-corrected chi connectivity index (χ3v) is 3.73. The third-order valence-electron chi connectivity index (χ3n) is 3.73. The number of benzene rings is 1. The number of nitrogens with zero attached hydrogens (tertiary/aromatic N) is 3. The van der Waals surface area contributed by atoms with Gasteiger partial charge in [-0.2, -0.15) is 5.10 Å². The molecule has 0 N–H and O–H groups in total. The van der Waals surface area contributed by atoms with Gasteiger partial charge < -0.3 is 14.4 Å². The van der Waals surface area contributed by atoms with E-state index in [2.05, 4.69) is 9.84 Å². The highest BCUT2D eigenvalue weighted by molar-refractivity contribution is 5.92. The smallest absolute Gasteiger partial charge is 0.337 e. The molecule has 0 aliphatic heterocycles. The molecule has 0 unspecified atom stereocenters. The molecule has 0 saturated carbocycles. The van der Waals surface area contributed by atoms with Crippen LogP contribution in [0, 0.1) is 0 Å². The standard InChI is InChI=1S/C18H21N3O5/c1-20(12-13-4-6-14(7-5-13)18(24)26-3)17(23)15-8-9-16(22)21(19-15)10-11-25-2/h4-9H,10-12H2,1-3H3. The Hall–Kier alpha value is -3.00. The summed E-state index contributed by atoms with van der Waals surface area (Å²) >= 11 is 0. The summed E-state index contributed by atoms with van der Waals surface area (Å²) in [4.78, 5) is 37.2. The summed E-state index contributed by atoms with van der Waals surface area (Å²) in [6.07, 6.45) is 0. The molecule has 0 fully saturated rings. The summed E-state index contributed by atoms with van der Waals surface area (Å²) in [6, 6.07) is 9.51. The zero-order valence-electron chi connectivity index (χ0n) is 15.0. The highest BCUT2D eigenvalue weighted by Crippen LogP contribution is 2.09. The average Bonchev–Trinajstić information content (AvgIpc) is 2.66. The van der Waals surface area contributed by atoms with Crippen molar-refractivity contribution in [3.63, 3.8) is 0 Å². The fourth-order valence-corrected chi connectivity index (χ4v) is 2.31. The molecule has 26 heavy (non-hydrogen) atoms. The number of methoxy groups -OCH3 is 2. The Morgan fingerprint density at radius 1 is 1.12 bits per heavy atom. The maximum absolute atomic E-state index is 12.6. The van der Waals surface area contributed by atoms with Gasteiger partial charge in [-0.05, 0) is 23.8 Å². The van der Waals surface area contributed by atoms with Crippen molar-refractivity contribution in [2.24, 2.45) is 0 Å². The zero-order chi connectivity index (χ0) is 19.1. The minimum atomic E-state index is -0.413. The number of amides is 1. The first-order valence-electron chi connectivity index (χ1n) is 7.96. The van der Waals surface area contributed by atoms with Gasteiger partial charge in [0.05, 0.1) is 25.8 Å². The molecule has 1 aromatic heterocycles. The van der Waals surface area contributed by atoms with E-state index < -0.39 is 5.97 Å². The molecule has 8 heteroatoms. The van der Waals surface area contributed by atoms with Crippen molar-refractivity contribution < 1.29 is 19.1 Å². The molecule has 1 amide bonds. The van der Waals surface area contributed by atoms with Crippen LogP contribution in [0.1, 0.15) is 26.4 Å². The van der Waals surface area contributed by atoms with E-state index in [0.29, 0.717) is 18.7 Å². The Kier molecular flexibility index (Phi) is 6.62. The van der Waals surface area contributed by atoms with E-state index >= 15 is 0 Å². The predicted octanol–water partition coefficient (Wildman–Crippen LogP) is 0.948. The molecule has 0 saturated heterocycles. The fraction of sp³-hybridized carbons (Fsp3) is 0.333. The van der Waals surface area contributed by atoms with E-state index in [1.165, 1.54) is 35.9 Å². The van der Waals surface area contributed by atoms with Crippen LogP contribution in [0.2, 0.25) is 0 Å². The SMILES string of the molecule is COCCn1nc(C(=O)N(C)Cc2ccc(C(=O)OC)cc2)ccc1=O. The van der Waals surface area contributed by atoms with Gasteiger partial charge in [-0.3, -0.25) is 9.59 Å². The topological polar surface area (TPSA) is 90.7 Å². The van der Waals surface area contributed by atoms with Crippen molar-refractivity contribution in [2.75, 3.05) is 27.9 Å². The maximum Gasteiger partial charge on any atom is 0.337 e. The van der Waals surface area contributed by atoms with E-state index in [-0.39, 0.29) is 23.7 Å². The molecule has 0 radical (unpaired) electrons. The van der Waals surface area contributed by atoms with Gasteiger partial charge in [-0.15, -0.1) is 0 Å². The summed E-state index contributed by atoms with van der Waals surface area (Å²) in [7, 11) is 4.49. The number of hydrogen-bond donors (Lipinski definition) is 0. The zero-order valence-corrected chi connectivity index (χ0v) is 15.0. The van der Waals surface area contributed by atoms with E-state index in [1.54, 1.807) is 31.3 Å². The molecule has 0 aliphatic rings. The lowest BCUT2D eigenvalue weighted by Crippen LogP contribution is -2.31. The van der Waals surface area contributed by atoms with Crippen molar-refractivity contribution in [3.8, 4) is 0 Å². The fourth-order valence-electron chi connectivity index (χ4n) is 2.31. The van der Waals surface area contributed by atoms with Gasteiger partial charge in [0, 0.05) is 26.8 Å². The molecule has 2 aromatic rings. The van der Waals surface area contributed by atoms with Gasteiger partial charge in [-0.1, -0.05) is 12.1 Å². The van der Waals surface area contributed by atoms with E-state index in [1.807, 2.05) is 0 Å². The average molecular weight is 359 g/mol. The van der Waals surface area contributed by atoms with E-state index in [9.17, 15) is 14.4 Å². The van der Waals surface area contributed by atoms with Gasteiger partial charge in [0.2, 0.25) is 0 Å². The maximum atomic E-state index is 12.6. The van der Waals surface area contributed by atoms with Gasteiger partial charge in [-0.25, -0.2) is 9.48 Å². The number of ether oxygens (including phenoxy) is 2. The molecule has 1 aromatic carbocycles. The quantitative estimate of drug-likeness (QED) is 0.684. The lowest BCUT2D eigenvalue weighted by Gasteiger charge is -2.17. The van der Waals surface area contributed by atoms with E-state index in [0.717, 1.165) is 5.56 Å². The second kappa shape index (κ2) is 8.91. The van der Waals surface area contributed by atoms with Crippen molar-refractivity contribution in [1.29, 1.82) is 0 Å². The normalized spacial score (nSPS) is 10.4. The molecule has 8 nitrogen and oxygen atoms in total. The molecule has 138 valence electrons. The van der Waals surface area contributed by atoms with Crippen LogP contribution in [0.3, 0.4) is 0 Å². The molecule has 0 atom stereocenters. The molecular weight excluding hydrogens is 338 g/mol. The highest BCUT2D eigenvalue weighted by atomic mass is 16.5. The number of carbonyl (C=O) groups excluding carboxylic acids is 2. The van der Waals surface area contributed by atoms with Crippen LogP contribution in [-0.2, 0) is 22.6 Å². The summed E-state index contributed by atoms with van der Waals surface area (Å²) in [5.41, 5.74) is 1.17. The molecule has 0 aliphatic carbocycles. The Morgan fingerprint density at radius 3 is 2.42 bits per heavy atom. The molecule has 0 bridgehead atoms. The molecule has 0 spiro atoms. The first-order valence-corrected chi connectivity index (χ1v) is 7.96. The lowest BCUT2D eigenvalue weighted by molar-refractivity contribution is 0.0600. The first-order chi connectivity index (χ1) is 12.5. The van der Waals surface area contributed by atoms with E-state index in [4.69, 9.17) is 4.74 Å². The second-order valence-corrected chi connectivity index (χ2v) is 5.62. The Balaban J connectivity index is 2.09. The van der Waals surface area contributed by atoms with Crippen LogP contribution in [-0.4, -0.2) is 54.4 Å². The van der Waals surface area contributed by atoms with Gasteiger partial charge in [0.15, 0.2) is 0 Å². The van der Waals surface area contributed by atoms with Crippen LogP contribution in [0.4, 0.5) is 0 Å². The van der Waals surface area contributed by atoms with Crippen LogP contribution in [0.25, 0.3) is 0 Å². The van der Waals surface area contributed by atoms with Crippen molar-refractivity contribution in [1.82, 2.24) is 14.7 Å². The first kappa shape index (κ1) is 19.3. The van der Waals surface area contributed by atoms with Crippen molar-refractivity contribution in [2.45, 2.75) is 13.1 Å². The second-order valence-electron chi connectivity index (χ2n) is 5.62. The van der Waals surface area contributed by atoms with Crippen LogP contribution in [0.15, 0.2) is 41.2 Å². The predicted molar refractivity (Wildman–Crippen MR) is 94.0 cm³/mol. The highest BCUT2D eigenvalue weighted by Gasteiger charge is 2.15. The molecule has 1 heterocycles. The van der Waals surface area contributed by atoms with Crippen molar-refractivity contribution >= 4 is 11.9 Å². The van der Waals surface area contributed by atoms with Crippen LogP contribution < -0.4 is 5.56 Å². The van der Waals surface area contributed by atoms with Gasteiger partial charge >= 0.3 is 5.97 Å². The van der Waals surface area contributed by atoms with Crippen molar-refractivity contribution in [3.05, 3.63) is 63.6 Å². The Morgan fingerprint density at radius 2 is 1.81 bits per heavy atom. The minimum absolute atomic E-state index is 0.175. The summed E-state index contributed by atoms with van der Waals surface area (Å²) in [6.45, 7) is 0.932. The number of rotatable bonds is 7. The number of carbonyl (C=O) groups is 2. The Bertz CT molecular complexity index is 829. The summed E-state index contributed by atoms with van der Waals surface area (Å²) in [5.74, 6) is -0.725. The van der Waals surface area contributed by atoms with Gasteiger partial charge in [0.25, 0.3) is 11.5 Å². The molecule has 2 rings (SSSR count). The minimum Gasteiger partial charge on any atom is -0.465 e. The third kappa shape index (κ3) is 4.76. The lowest BCUT2D eigenvalue weighted by atomic mass is 10.1. The summed E-state index contributed by atoms with van der Waals surface area (Å²) < 4.78 is 10.8. The Labute approximate surface area is 150 Å². The molecular formula is C18H21N3O5. The number of esters is 1. The van der Waals surface area contributed by atoms with Crippen LogP contribution >= 0.6 is 0 Å². The number of hydrogen-bond acceptors (Lipinski definition) is 6. The largest absolute Gasteiger partial charge is 0.465 e.